The molecule has 1 aromatic heterocycles. The number of carbonyl (C=O) groups is 1. The van der Waals surface area contributed by atoms with Crippen LogP contribution in [-0.4, -0.2) is 19.9 Å². The zero-order valence-electron chi connectivity index (χ0n) is 11.5. The first kappa shape index (κ1) is 17.4. The molecule has 0 saturated heterocycles. The molecule has 0 bridgehead atoms. The van der Waals surface area contributed by atoms with Crippen LogP contribution in [0.25, 0.3) is 0 Å². The van der Waals surface area contributed by atoms with Crippen molar-refractivity contribution in [1.82, 2.24) is 0 Å². The third-order valence-electron chi connectivity index (χ3n) is 2.79. The second kappa shape index (κ2) is 7.09. The molecule has 3 N–H and O–H groups in total. The number of hydrogen-bond acceptors (Lipinski definition) is 7. The molecule has 0 aliphatic heterocycles. The molecule has 7 nitrogen and oxygen atoms in total. The first-order chi connectivity index (χ1) is 10.8. The van der Waals surface area contributed by atoms with Crippen LogP contribution in [0.4, 0.5) is 5.69 Å². The monoisotopic (exact) mass is 374 g/mol. The number of hydrogen-bond donors (Lipinski definition) is 2. The Morgan fingerprint density at radius 3 is 2.78 bits per heavy atom. The Morgan fingerprint density at radius 1 is 1.48 bits per heavy atom. The highest BCUT2D eigenvalue weighted by atomic mass is 35.5. The highest BCUT2D eigenvalue weighted by Crippen LogP contribution is 2.29. The summed E-state index contributed by atoms with van der Waals surface area (Å²) in [6.07, 6.45) is 1.50. The van der Waals surface area contributed by atoms with E-state index < -0.39 is 16.0 Å². The minimum absolute atomic E-state index is 0.0777. The quantitative estimate of drug-likeness (QED) is 0.589. The van der Waals surface area contributed by atoms with E-state index in [0.717, 1.165) is 11.6 Å². The molecule has 122 valence electrons. The number of nitrogens with two attached hydrogens (primary N) is 1. The second-order valence-electron chi connectivity index (χ2n) is 4.31. The van der Waals surface area contributed by atoms with Crippen LogP contribution in [0.1, 0.15) is 16.1 Å². The van der Waals surface area contributed by atoms with Crippen LogP contribution in [0.5, 0.6) is 0 Å². The van der Waals surface area contributed by atoms with Gasteiger partial charge in [-0.25, -0.2) is 18.4 Å². The summed E-state index contributed by atoms with van der Waals surface area (Å²) in [6.45, 7) is 0.246. The summed E-state index contributed by atoms with van der Waals surface area (Å²) in [4.78, 5) is 11.6. The molecule has 23 heavy (non-hydrogen) atoms. The molecule has 0 spiro atoms. The lowest BCUT2D eigenvalue weighted by Gasteiger charge is -2.12. The van der Waals surface area contributed by atoms with Crippen molar-refractivity contribution in [2.45, 2.75) is 11.4 Å². The SMILES string of the molecule is NS(=O)(=O)c1cc(C(=O)OC=S)c(NCc2ccco2)cc1Cl. The van der Waals surface area contributed by atoms with Crippen molar-refractivity contribution >= 4 is 51.1 Å². The van der Waals surface area contributed by atoms with Crippen molar-refractivity contribution in [3.63, 3.8) is 0 Å². The lowest BCUT2D eigenvalue weighted by molar-refractivity contribution is 0.0733. The van der Waals surface area contributed by atoms with E-state index in [1.807, 2.05) is 0 Å². The van der Waals surface area contributed by atoms with Gasteiger partial charge in [-0.2, -0.15) is 0 Å². The highest BCUT2D eigenvalue weighted by molar-refractivity contribution is 7.89. The van der Waals surface area contributed by atoms with Crippen molar-refractivity contribution < 1.29 is 22.4 Å². The molecule has 0 atom stereocenters. The van der Waals surface area contributed by atoms with Gasteiger partial charge in [0.1, 0.15) is 10.7 Å². The minimum Gasteiger partial charge on any atom is -0.467 e. The van der Waals surface area contributed by atoms with Gasteiger partial charge in [-0.15, -0.1) is 0 Å². The van der Waals surface area contributed by atoms with E-state index in [0.29, 0.717) is 5.76 Å². The summed E-state index contributed by atoms with van der Waals surface area (Å²) in [5, 5.41) is 7.85. The van der Waals surface area contributed by atoms with Gasteiger partial charge in [-0.05, 0) is 36.5 Å². The van der Waals surface area contributed by atoms with Crippen LogP contribution in [0, 0.1) is 0 Å². The molecular formula is C13H11ClN2O5S2. The van der Waals surface area contributed by atoms with Gasteiger partial charge in [-0.1, -0.05) is 11.6 Å². The van der Waals surface area contributed by atoms with Gasteiger partial charge in [0.05, 0.1) is 29.1 Å². The Morgan fingerprint density at radius 2 is 2.22 bits per heavy atom. The van der Waals surface area contributed by atoms with Crippen molar-refractivity contribution in [1.29, 1.82) is 0 Å². The van der Waals surface area contributed by atoms with Crippen molar-refractivity contribution in [3.05, 3.63) is 46.9 Å². The molecule has 0 aliphatic rings. The van der Waals surface area contributed by atoms with Crippen molar-refractivity contribution in [3.8, 4) is 0 Å². The van der Waals surface area contributed by atoms with Gasteiger partial charge in [0.2, 0.25) is 10.0 Å². The average Bonchev–Trinajstić information content (AvgIpc) is 2.97. The summed E-state index contributed by atoms with van der Waals surface area (Å²) in [5.41, 5.74) is 0.941. The molecule has 2 rings (SSSR count). The molecule has 0 saturated carbocycles. The van der Waals surface area contributed by atoms with Crippen molar-refractivity contribution in [2.75, 3.05) is 5.32 Å². The Bertz CT molecular complexity index is 834. The number of carbonyl (C=O) groups excluding carboxylic acids is 1. The van der Waals surface area contributed by atoms with Crippen LogP contribution < -0.4 is 10.5 Å². The first-order valence-electron chi connectivity index (χ1n) is 6.10. The molecule has 0 amide bonds. The van der Waals surface area contributed by atoms with Gasteiger partial charge >= 0.3 is 5.97 Å². The van der Waals surface area contributed by atoms with Crippen molar-refractivity contribution in [2.24, 2.45) is 5.14 Å². The topological polar surface area (TPSA) is 112 Å². The molecule has 0 radical (unpaired) electrons. The van der Waals surface area contributed by atoms with E-state index >= 15 is 0 Å². The smallest absolute Gasteiger partial charge is 0.345 e. The number of sulfonamides is 1. The summed E-state index contributed by atoms with van der Waals surface area (Å²) < 4.78 is 32.8. The molecule has 0 aliphatic carbocycles. The molecule has 0 fully saturated rings. The lowest BCUT2D eigenvalue weighted by Crippen LogP contribution is -2.16. The lowest BCUT2D eigenvalue weighted by atomic mass is 10.1. The summed E-state index contributed by atoms with van der Waals surface area (Å²) >= 11 is 10.4. The number of anilines is 1. The fourth-order valence-corrected chi connectivity index (χ4v) is 2.98. The number of ether oxygens (including phenoxy) is 1. The zero-order chi connectivity index (χ0) is 17.0. The molecule has 10 heteroatoms. The molecule has 1 aromatic carbocycles. The fourth-order valence-electron chi connectivity index (χ4n) is 1.79. The summed E-state index contributed by atoms with van der Waals surface area (Å²) in [5.74, 6) is -0.241. The standard InChI is InChI=1S/C13H11ClN2O5S2/c14-10-5-11(16-6-8-2-1-3-20-8)9(13(17)21-7-22)4-12(10)23(15,18)19/h1-5,7,16H,6H2,(H2,15,18,19). The molecular weight excluding hydrogens is 364 g/mol. The maximum absolute atomic E-state index is 12.0. The average molecular weight is 375 g/mol. The summed E-state index contributed by atoms with van der Waals surface area (Å²) in [6, 6.07) is 5.73. The number of esters is 1. The predicted molar refractivity (Wildman–Crippen MR) is 87.9 cm³/mol. The number of nitrogens with one attached hydrogen (secondary N) is 1. The maximum atomic E-state index is 12.0. The maximum Gasteiger partial charge on any atom is 0.345 e. The molecule has 2 aromatic rings. The number of primary sulfonamides is 1. The number of rotatable bonds is 6. The Kier molecular flexibility index (Phi) is 5.37. The zero-order valence-corrected chi connectivity index (χ0v) is 13.9. The largest absolute Gasteiger partial charge is 0.467 e. The summed E-state index contributed by atoms with van der Waals surface area (Å²) in [7, 11) is -4.10. The fraction of sp³-hybridized carbons (Fsp3) is 0.0769. The Labute approximate surface area is 142 Å². The van der Waals surface area contributed by atoms with Crippen LogP contribution in [0.2, 0.25) is 5.02 Å². The third-order valence-corrected chi connectivity index (χ3v) is 4.26. The molecule has 0 unspecified atom stereocenters. The Balaban J connectivity index is 2.44. The predicted octanol–water partition coefficient (Wildman–Crippen LogP) is 2.31. The third kappa shape index (κ3) is 4.29. The van der Waals surface area contributed by atoms with E-state index in [2.05, 4.69) is 22.3 Å². The highest BCUT2D eigenvalue weighted by Gasteiger charge is 2.21. The van der Waals surface area contributed by atoms with E-state index in [9.17, 15) is 13.2 Å². The number of thiocarbonyl (C=S) groups is 1. The van der Waals surface area contributed by atoms with Gasteiger partial charge in [0.15, 0.2) is 5.55 Å². The van der Waals surface area contributed by atoms with Crippen LogP contribution in [0.3, 0.4) is 0 Å². The Hall–Kier alpha value is -1.94. The second-order valence-corrected chi connectivity index (χ2v) is 6.44. The first-order valence-corrected chi connectivity index (χ1v) is 8.49. The van der Waals surface area contributed by atoms with Crippen LogP contribution in [-0.2, 0) is 21.3 Å². The normalized spacial score (nSPS) is 11.0. The van der Waals surface area contributed by atoms with Gasteiger partial charge < -0.3 is 14.5 Å². The number of halogens is 1. The van der Waals surface area contributed by atoms with Crippen LogP contribution >= 0.6 is 23.8 Å². The van der Waals surface area contributed by atoms with E-state index in [-0.39, 0.29) is 27.7 Å². The van der Waals surface area contributed by atoms with E-state index in [1.54, 1.807) is 12.1 Å². The minimum atomic E-state index is -4.10. The van der Waals surface area contributed by atoms with E-state index in [1.165, 1.54) is 12.3 Å². The molecule has 1 heterocycles. The van der Waals surface area contributed by atoms with Gasteiger partial charge in [0.25, 0.3) is 0 Å². The number of furan rings is 1. The van der Waals surface area contributed by atoms with Gasteiger partial charge in [-0.3, -0.25) is 0 Å². The van der Waals surface area contributed by atoms with Crippen LogP contribution in [0.15, 0.2) is 39.8 Å². The van der Waals surface area contributed by atoms with Gasteiger partial charge in [0, 0.05) is 0 Å². The number of benzene rings is 1. The van der Waals surface area contributed by atoms with E-state index in [4.69, 9.17) is 21.2 Å².